The number of hydrogen-bond acceptors (Lipinski definition) is 5. The Morgan fingerprint density at radius 2 is 1.59 bits per heavy atom. The first kappa shape index (κ1) is 19.4. The minimum absolute atomic E-state index is 0.0680. The van der Waals surface area contributed by atoms with Crippen molar-refractivity contribution >= 4 is 11.5 Å². The average molecular weight is 393 g/mol. The summed E-state index contributed by atoms with van der Waals surface area (Å²) in [6.45, 7) is 4.28. The van der Waals surface area contributed by atoms with Gasteiger partial charge in [-0.15, -0.1) is 0 Å². The summed E-state index contributed by atoms with van der Waals surface area (Å²) in [6.07, 6.45) is 1.37. The van der Waals surface area contributed by atoms with Crippen molar-refractivity contribution in [2.75, 3.05) is 26.6 Å². The van der Waals surface area contributed by atoms with Crippen LogP contribution in [0.5, 0.6) is 17.2 Å². The molecule has 1 heterocycles. The molecule has 2 aliphatic rings. The van der Waals surface area contributed by atoms with Gasteiger partial charge in [-0.25, -0.2) is 0 Å². The topological polar surface area (TPSA) is 56.8 Å². The summed E-state index contributed by atoms with van der Waals surface area (Å²) in [5.74, 6) is 2.15. The van der Waals surface area contributed by atoms with Gasteiger partial charge in [0, 0.05) is 35.4 Å². The fourth-order valence-electron chi connectivity index (χ4n) is 4.48. The summed E-state index contributed by atoms with van der Waals surface area (Å²) >= 11 is 0. The predicted octanol–water partition coefficient (Wildman–Crippen LogP) is 4.91. The number of hydrogen-bond donors (Lipinski definition) is 1. The first-order valence-corrected chi connectivity index (χ1v) is 9.80. The molecule has 29 heavy (non-hydrogen) atoms. The van der Waals surface area contributed by atoms with Crippen molar-refractivity contribution in [1.29, 1.82) is 0 Å². The number of fused-ring (bicyclic) bond motifs is 1. The van der Waals surface area contributed by atoms with Gasteiger partial charge in [0.05, 0.1) is 21.3 Å². The summed E-state index contributed by atoms with van der Waals surface area (Å²) in [5.41, 5.74) is 4.82. The third-order valence-electron chi connectivity index (χ3n) is 5.81. The third kappa shape index (κ3) is 3.35. The Bertz CT molecular complexity index is 989. The highest BCUT2D eigenvalue weighted by atomic mass is 16.5. The molecule has 5 heteroatoms. The molecule has 0 bridgehead atoms. The lowest BCUT2D eigenvalue weighted by atomic mass is 9.68. The van der Waals surface area contributed by atoms with Crippen LogP contribution >= 0.6 is 0 Å². The molecule has 0 amide bonds. The third-order valence-corrected chi connectivity index (χ3v) is 5.81. The molecule has 1 aliphatic carbocycles. The number of ketones is 1. The highest BCUT2D eigenvalue weighted by molar-refractivity contribution is 6.01. The number of ether oxygens (including phenoxy) is 3. The summed E-state index contributed by atoms with van der Waals surface area (Å²) in [4.78, 5) is 13.3. The van der Waals surface area contributed by atoms with E-state index in [1.165, 1.54) is 0 Å². The average Bonchev–Trinajstić information content (AvgIpc) is 2.70. The number of benzene rings is 2. The van der Waals surface area contributed by atoms with Gasteiger partial charge in [0.15, 0.2) is 17.3 Å². The summed E-state index contributed by atoms with van der Waals surface area (Å²) in [6, 6.07) is 11.9. The lowest BCUT2D eigenvalue weighted by Gasteiger charge is -2.39. The monoisotopic (exact) mass is 393 g/mol. The molecule has 0 saturated heterocycles. The zero-order chi connectivity index (χ0) is 20.8. The van der Waals surface area contributed by atoms with E-state index in [-0.39, 0.29) is 17.1 Å². The Morgan fingerprint density at radius 3 is 2.21 bits per heavy atom. The molecule has 0 radical (unpaired) electrons. The number of methoxy groups -OCH3 is 3. The van der Waals surface area contributed by atoms with Crippen molar-refractivity contribution in [1.82, 2.24) is 0 Å². The van der Waals surface area contributed by atoms with E-state index < -0.39 is 0 Å². The minimum Gasteiger partial charge on any atom is -0.497 e. The molecule has 0 aromatic heterocycles. The molecular weight excluding hydrogens is 366 g/mol. The van der Waals surface area contributed by atoms with E-state index in [0.29, 0.717) is 17.9 Å². The Labute approximate surface area is 171 Å². The Morgan fingerprint density at radius 1 is 0.931 bits per heavy atom. The molecule has 2 aromatic rings. The largest absolute Gasteiger partial charge is 0.497 e. The van der Waals surface area contributed by atoms with Crippen LogP contribution in [0, 0.1) is 5.41 Å². The molecule has 0 saturated carbocycles. The molecule has 5 nitrogen and oxygen atoms in total. The van der Waals surface area contributed by atoms with Gasteiger partial charge in [0.2, 0.25) is 0 Å². The van der Waals surface area contributed by atoms with Crippen molar-refractivity contribution in [3.05, 3.63) is 58.8 Å². The fourth-order valence-corrected chi connectivity index (χ4v) is 4.48. The van der Waals surface area contributed by atoms with Crippen LogP contribution in [0.2, 0.25) is 0 Å². The van der Waals surface area contributed by atoms with Crippen molar-refractivity contribution in [3.63, 3.8) is 0 Å². The van der Waals surface area contributed by atoms with Crippen LogP contribution in [0.25, 0.3) is 0 Å². The van der Waals surface area contributed by atoms with Crippen molar-refractivity contribution in [2.24, 2.45) is 5.41 Å². The van der Waals surface area contributed by atoms with Crippen LogP contribution in [0.1, 0.15) is 43.7 Å². The molecule has 1 unspecified atom stereocenters. The van der Waals surface area contributed by atoms with Gasteiger partial charge in [-0.2, -0.15) is 0 Å². The van der Waals surface area contributed by atoms with Gasteiger partial charge in [-0.1, -0.05) is 26.0 Å². The second kappa shape index (κ2) is 7.14. The van der Waals surface area contributed by atoms with Gasteiger partial charge < -0.3 is 19.5 Å². The van der Waals surface area contributed by atoms with E-state index in [9.17, 15) is 4.79 Å². The fraction of sp³-hybridized carbons (Fsp3) is 0.375. The maximum Gasteiger partial charge on any atom is 0.162 e. The number of nitrogens with one attached hydrogen (secondary N) is 1. The number of carbonyl (C=O) groups excluding carboxylic acids is 1. The lowest BCUT2D eigenvalue weighted by molar-refractivity contribution is -0.118. The van der Waals surface area contributed by atoms with Gasteiger partial charge in [-0.3, -0.25) is 4.79 Å². The van der Waals surface area contributed by atoms with E-state index in [2.05, 4.69) is 19.2 Å². The van der Waals surface area contributed by atoms with Crippen LogP contribution in [-0.2, 0) is 4.79 Å². The molecule has 2 aromatic carbocycles. The SMILES string of the molecule is COc1ccc(C2C3=C(CC(C)(C)CC3=O)Nc3cc(OC)c(OC)cc32)cc1. The van der Waals surface area contributed by atoms with E-state index in [4.69, 9.17) is 14.2 Å². The summed E-state index contributed by atoms with van der Waals surface area (Å²) in [5, 5.41) is 3.53. The van der Waals surface area contributed by atoms with E-state index in [1.807, 2.05) is 36.4 Å². The first-order chi connectivity index (χ1) is 13.9. The Balaban J connectivity index is 1.93. The number of anilines is 1. The minimum atomic E-state index is -0.157. The highest BCUT2D eigenvalue weighted by Gasteiger charge is 2.41. The summed E-state index contributed by atoms with van der Waals surface area (Å²) in [7, 11) is 4.91. The quantitative estimate of drug-likeness (QED) is 0.800. The first-order valence-electron chi connectivity index (χ1n) is 9.80. The number of Topliss-reactive ketones (excluding diaryl/α,β-unsaturated/α-hetero) is 1. The molecule has 4 rings (SSSR count). The lowest BCUT2D eigenvalue weighted by Crippen LogP contribution is -2.33. The van der Waals surface area contributed by atoms with Crippen molar-refractivity contribution < 1.29 is 19.0 Å². The van der Waals surface area contributed by atoms with Gasteiger partial charge in [0.25, 0.3) is 0 Å². The maximum absolute atomic E-state index is 13.3. The second-order valence-electron chi connectivity index (χ2n) is 8.46. The molecule has 0 fully saturated rings. The number of rotatable bonds is 4. The van der Waals surface area contributed by atoms with E-state index >= 15 is 0 Å². The highest BCUT2D eigenvalue weighted by Crippen LogP contribution is 2.51. The van der Waals surface area contributed by atoms with Crippen LogP contribution in [0.15, 0.2) is 47.7 Å². The van der Waals surface area contributed by atoms with Gasteiger partial charge >= 0.3 is 0 Å². The van der Waals surface area contributed by atoms with Gasteiger partial charge in [-0.05, 0) is 41.2 Å². The summed E-state index contributed by atoms with van der Waals surface area (Å²) < 4.78 is 16.4. The smallest absolute Gasteiger partial charge is 0.162 e. The molecular formula is C24H27NO4. The van der Waals surface area contributed by atoms with Crippen molar-refractivity contribution in [3.8, 4) is 17.2 Å². The Hall–Kier alpha value is -2.95. The van der Waals surface area contributed by atoms with Crippen LogP contribution < -0.4 is 19.5 Å². The number of carbonyl (C=O) groups is 1. The molecule has 1 atom stereocenters. The zero-order valence-corrected chi connectivity index (χ0v) is 17.6. The van der Waals surface area contributed by atoms with Crippen LogP contribution in [-0.4, -0.2) is 27.1 Å². The normalized spacial score (nSPS) is 19.8. The molecule has 0 spiro atoms. The second-order valence-corrected chi connectivity index (χ2v) is 8.46. The molecule has 1 N–H and O–H groups in total. The van der Waals surface area contributed by atoms with Crippen molar-refractivity contribution in [2.45, 2.75) is 32.6 Å². The Kier molecular flexibility index (Phi) is 4.77. The maximum atomic E-state index is 13.3. The zero-order valence-electron chi connectivity index (χ0n) is 17.6. The van der Waals surface area contributed by atoms with Gasteiger partial charge in [0.1, 0.15) is 5.75 Å². The molecule has 152 valence electrons. The predicted molar refractivity (Wildman–Crippen MR) is 113 cm³/mol. The van der Waals surface area contributed by atoms with E-state index in [1.54, 1.807) is 21.3 Å². The standard InChI is InChI=1S/C24H27NO4/c1-24(2)12-18-23(19(26)13-24)22(14-6-8-15(27-3)9-7-14)16-10-20(28-4)21(29-5)11-17(16)25-18/h6-11,22,25H,12-13H2,1-5H3. The van der Waals surface area contributed by atoms with E-state index in [0.717, 1.165) is 40.3 Å². The number of allylic oxidation sites excluding steroid dienone is 2. The van der Waals surface area contributed by atoms with Crippen LogP contribution in [0.4, 0.5) is 5.69 Å². The van der Waals surface area contributed by atoms with Crippen LogP contribution in [0.3, 0.4) is 0 Å². The molecule has 1 aliphatic heterocycles.